The summed E-state index contributed by atoms with van der Waals surface area (Å²) in [6, 6.07) is 28.7. The van der Waals surface area contributed by atoms with Crippen molar-refractivity contribution in [1.82, 2.24) is 5.32 Å². The average molecular weight is 403 g/mol. The smallest absolute Gasteiger partial charge is 0.171 e. The molecule has 0 unspecified atom stereocenters. The van der Waals surface area contributed by atoms with Crippen molar-refractivity contribution in [2.45, 2.75) is 37.8 Å². The first kappa shape index (κ1) is 19.5. The molecule has 0 atom stereocenters. The van der Waals surface area contributed by atoms with Crippen LogP contribution in [0, 0.1) is 0 Å². The molecule has 1 aliphatic carbocycles. The van der Waals surface area contributed by atoms with E-state index in [2.05, 4.69) is 34.9 Å². The van der Waals surface area contributed by atoms with Gasteiger partial charge >= 0.3 is 0 Å². The Kier molecular flexibility index (Phi) is 6.42. The Bertz CT molecular complexity index is 867. The highest BCUT2D eigenvalue weighted by molar-refractivity contribution is 7.80. The molecule has 1 aliphatic rings. The summed E-state index contributed by atoms with van der Waals surface area (Å²) in [5.41, 5.74) is 3.28. The van der Waals surface area contributed by atoms with Crippen LogP contribution >= 0.6 is 12.2 Å². The average Bonchev–Trinajstić information content (AvgIpc) is 3.28. The maximum atomic E-state index is 6.04. The maximum Gasteiger partial charge on any atom is 0.171 e. The number of ether oxygens (including phenoxy) is 1. The number of hydrogen-bond acceptors (Lipinski definition) is 2. The van der Waals surface area contributed by atoms with Gasteiger partial charge in [0.2, 0.25) is 0 Å². The number of hydrogen-bond donors (Lipinski definition) is 2. The molecule has 0 aromatic heterocycles. The van der Waals surface area contributed by atoms with Crippen molar-refractivity contribution in [3.8, 4) is 5.75 Å². The molecule has 3 aromatic rings. The van der Waals surface area contributed by atoms with E-state index in [1.54, 1.807) is 0 Å². The second-order valence-corrected chi connectivity index (χ2v) is 7.81. The summed E-state index contributed by atoms with van der Waals surface area (Å²) < 4.78 is 6.04. The summed E-state index contributed by atoms with van der Waals surface area (Å²) in [4.78, 5) is 0. The van der Waals surface area contributed by atoms with Gasteiger partial charge in [0, 0.05) is 5.69 Å². The zero-order valence-electron chi connectivity index (χ0n) is 16.4. The zero-order chi connectivity index (χ0) is 19.9. The van der Waals surface area contributed by atoms with Gasteiger partial charge in [0.1, 0.15) is 5.75 Å². The van der Waals surface area contributed by atoms with Gasteiger partial charge in [-0.05, 0) is 73.3 Å². The Morgan fingerprint density at radius 3 is 1.90 bits per heavy atom. The quantitative estimate of drug-likeness (QED) is 0.489. The van der Waals surface area contributed by atoms with Crippen molar-refractivity contribution < 1.29 is 4.74 Å². The van der Waals surface area contributed by atoms with Crippen molar-refractivity contribution in [2.24, 2.45) is 0 Å². The van der Waals surface area contributed by atoms with E-state index in [0.29, 0.717) is 11.2 Å². The number of rotatable bonds is 6. The molecule has 0 saturated heterocycles. The number of nitrogens with one attached hydrogen (secondary N) is 2. The minimum absolute atomic E-state index is 0.0117. The molecule has 1 saturated carbocycles. The van der Waals surface area contributed by atoms with E-state index >= 15 is 0 Å². The minimum Gasteiger partial charge on any atom is -0.490 e. The fourth-order valence-electron chi connectivity index (χ4n) is 3.76. The van der Waals surface area contributed by atoms with E-state index in [9.17, 15) is 0 Å². The van der Waals surface area contributed by atoms with Gasteiger partial charge in [-0.3, -0.25) is 0 Å². The van der Waals surface area contributed by atoms with Crippen LogP contribution in [-0.2, 0) is 0 Å². The summed E-state index contributed by atoms with van der Waals surface area (Å²) in [7, 11) is 0. The Balaban J connectivity index is 1.41. The van der Waals surface area contributed by atoms with Crippen LogP contribution in [0.2, 0.25) is 0 Å². The Morgan fingerprint density at radius 2 is 1.34 bits per heavy atom. The minimum atomic E-state index is -0.0117. The second-order valence-electron chi connectivity index (χ2n) is 7.40. The van der Waals surface area contributed by atoms with Crippen LogP contribution in [0.4, 0.5) is 5.69 Å². The van der Waals surface area contributed by atoms with E-state index in [1.165, 1.54) is 24.0 Å². The third-order valence-corrected chi connectivity index (χ3v) is 5.48. The lowest BCUT2D eigenvalue weighted by atomic mass is 9.99. The van der Waals surface area contributed by atoms with Gasteiger partial charge in [-0.2, -0.15) is 0 Å². The van der Waals surface area contributed by atoms with Gasteiger partial charge in [-0.15, -0.1) is 0 Å². The van der Waals surface area contributed by atoms with Crippen LogP contribution in [0.15, 0.2) is 84.9 Å². The molecule has 4 heteroatoms. The van der Waals surface area contributed by atoms with Crippen LogP contribution in [0.25, 0.3) is 0 Å². The highest BCUT2D eigenvalue weighted by Gasteiger charge is 2.17. The van der Waals surface area contributed by atoms with Gasteiger partial charge in [-0.1, -0.05) is 60.7 Å². The molecule has 2 N–H and O–H groups in total. The van der Waals surface area contributed by atoms with Gasteiger partial charge in [0.05, 0.1) is 12.1 Å². The van der Waals surface area contributed by atoms with E-state index in [-0.39, 0.29) is 6.04 Å². The van der Waals surface area contributed by atoms with Crippen LogP contribution in [0.3, 0.4) is 0 Å². The first-order valence-corrected chi connectivity index (χ1v) is 10.6. The first-order chi connectivity index (χ1) is 14.3. The highest BCUT2D eigenvalue weighted by Crippen LogP contribution is 2.25. The predicted octanol–water partition coefficient (Wildman–Crippen LogP) is 6.08. The monoisotopic (exact) mass is 402 g/mol. The Labute approximate surface area is 178 Å². The molecule has 1 fully saturated rings. The molecular weight excluding hydrogens is 376 g/mol. The lowest BCUT2D eigenvalue weighted by Crippen LogP contribution is -2.33. The standard InChI is InChI=1S/C25H26N2OS/c29-25(26-21-15-17-23(18-16-21)28-22-13-7-8-14-22)27-24(19-9-3-1-4-10-19)20-11-5-2-6-12-20/h1-6,9-12,15-18,22,24H,7-8,13-14H2,(H2,26,27,29). The predicted molar refractivity (Wildman–Crippen MR) is 123 cm³/mol. The largest absolute Gasteiger partial charge is 0.490 e. The third kappa shape index (κ3) is 5.36. The van der Waals surface area contributed by atoms with Crippen molar-refractivity contribution in [2.75, 3.05) is 5.32 Å². The van der Waals surface area contributed by atoms with Gasteiger partial charge in [0.25, 0.3) is 0 Å². The molecule has 0 aliphatic heterocycles. The summed E-state index contributed by atoms with van der Waals surface area (Å²) in [6.07, 6.45) is 5.24. The summed E-state index contributed by atoms with van der Waals surface area (Å²) >= 11 is 5.61. The van der Waals surface area contributed by atoms with E-state index in [1.807, 2.05) is 60.7 Å². The van der Waals surface area contributed by atoms with Gasteiger partial charge < -0.3 is 15.4 Å². The molecule has 3 nitrogen and oxygen atoms in total. The molecule has 3 aromatic carbocycles. The van der Waals surface area contributed by atoms with Gasteiger partial charge in [0.15, 0.2) is 5.11 Å². The first-order valence-electron chi connectivity index (χ1n) is 10.2. The molecule has 148 valence electrons. The Morgan fingerprint density at radius 1 is 0.793 bits per heavy atom. The van der Waals surface area contributed by atoms with E-state index < -0.39 is 0 Å². The molecule has 4 rings (SSSR count). The molecule has 0 heterocycles. The molecule has 0 bridgehead atoms. The summed E-state index contributed by atoms with van der Waals surface area (Å²) in [6.45, 7) is 0. The fraction of sp³-hybridized carbons (Fsp3) is 0.240. The Hall–Kier alpha value is -2.85. The molecule has 0 radical (unpaired) electrons. The van der Waals surface area contributed by atoms with Crippen molar-refractivity contribution >= 4 is 23.0 Å². The number of benzene rings is 3. The molecular formula is C25H26N2OS. The normalized spacial score (nSPS) is 14.0. The molecule has 0 amide bonds. The van der Waals surface area contributed by atoms with E-state index in [0.717, 1.165) is 24.3 Å². The summed E-state index contributed by atoms with van der Waals surface area (Å²) in [5, 5.41) is 7.35. The summed E-state index contributed by atoms with van der Waals surface area (Å²) in [5.74, 6) is 0.924. The highest BCUT2D eigenvalue weighted by atomic mass is 32.1. The van der Waals surface area contributed by atoms with Gasteiger partial charge in [-0.25, -0.2) is 0 Å². The topological polar surface area (TPSA) is 33.3 Å². The number of anilines is 1. The maximum absolute atomic E-state index is 6.04. The zero-order valence-corrected chi connectivity index (χ0v) is 17.2. The molecule has 29 heavy (non-hydrogen) atoms. The SMILES string of the molecule is S=C(Nc1ccc(OC2CCCC2)cc1)NC(c1ccccc1)c1ccccc1. The van der Waals surface area contributed by atoms with Crippen molar-refractivity contribution in [3.05, 3.63) is 96.1 Å². The van der Waals surface area contributed by atoms with E-state index in [4.69, 9.17) is 17.0 Å². The lowest BCUT2D eigenvalue weighted by molar-refractivity contribution is 0.210. The molecule has 0 spiro atoms. The second kappa shape index (κ2) is 9.57. The number of thiocarbonyl (C=S) groups is 1. The van der Waals surface area contributed by atoms with Crippen LogP contribution in [0.5, 0.6) is 5.75 Å². The third-order valence-electron chi connectivity index (χ3n) is 5.26. The van der Waals surface area contributed by atoms with Crippen LogP contribution in [0.1, 0.15) is 42.9 Å². The van der Waals surface area contributed by atoms with Crippen molar-refractivity contribution in [1.29, 1.82) is 0 Å². The van der Waals surface area contributed by atoms with Crippen LogP contribution < -0.4 is 15.4 Å². The van der Waals surface area contributed by atoms with Crippen LogP contribution in [-0.4, -0.2) is 11.2 Å². The van der Waals surface area contributed by atoms with Crippen molar-refractivity contribution in [3.63, 3.8) is 0 Å². The lowest BCUT2D eigenvalue weighted by Gasteiger charge is -2.22. The fourth-order valence-corrected chi connectivity index (χ4v) is 4.00.